The lowest BCUT2D eigenvalue weighted by Crippen LogP contribution is -2.02. The summed E-state index contributed by atoms with van der Waals surface area (Å²) in [5.41, 5.74) is 0.572. The number of hydrogen-bond acceptors (Lipinski definition) is 3. The molecule has 0 spiro atoms. The molecule has 2 heterocycles. The summed E-state index contributed by atoms with van der Waals surface area (Å²) in [5, 5.41) is 18.3. The van der Waals surface area contributed by atoms with Gasteiger partial charge in [-0.1, -0.05) is 0 Å². The van der Waals surface area contributed by atoms with Crippen LogP contribution in [0.4, 0.5) is 8.78 Å². The van der Waals surface area contributed by atoms with E-state index in [0.717, 1.165) is 6.20 Å². The lowest BCUT2D eigenvalue weighted by Gasteiger charge is -2.03. The average molecular weight is 209 g/mol. The number of rotatable bonds is 2. The van der Waals surface area contributed by atoms with E-state index in [0.29, 0.717) is 10.2 Å². The standard InChI is InChI=1S/C8H5F2N5/c9-8(10)15-7(5(1-11)4-14-15)6-2-12-13-3-6/h2-4,8H,(H,12,13). The number of aromatic amines is 1. The first-order chi connectivity index (χ1) is 7.24. The van der Waals surface area contributed by atoms with Crippen molar-refractivity contribution in [3.05, 3.63) is 24.2 Å². The number of nitrogens with one attached hydrogen (secondary N) is 1. The normalized spacial score (nSPS) is 10.5. The number of nitriles is 1. The summed E-state index contributed by atoms with van der Waals surface area (Å²) in [6.45, 7) is -2.78. The molecule has 7 heteroatoms. The minimum Gasteiger partial charge on any atom is -0.285 e. The summed E-state index contributed by atoms with van der Waals surface area (Å²) < 4.78 is 25.5. The first-order valence-corrected chi connectivity index (χ1v) is 3.99. The van der Waals surface area contributed by atoms with Gasteiger partial charge in [0, 0.05) is 11.8 Å². The van der Waals surface area contributed by atoms with Gasteiger partial charge in [0.2, 0.25) is 0 Å². The van der Waals surface area contributed by atoms with Crippen LogP contribution in [0.25, 0.3) is 11.3 Å². The Bertz CT molecular complexity index is 494. The SMILES string of the molecule is N#Cc1cnn(C(F)F)c1-c1cn[nH]c1. The van der Waals surface area contributed by atoms with Crippen LogP contribution in [0.2, 0.25) is 0 Å². The average Bonchev–Trinajstić information content (AvgIpc) is 2.85. The first-order valence-electron chi connectivity index (χ1n) is 3.99. The number of halogens is 2. The molecule has 5 nitrogen and oxygen atoms in total. The molecule has 1 N–H and O–H groups in total. The van der Waals surface area contributed by atoms with Crippen LogP contribution in [-0.2, 0) is 0 Å². The highest BCUT2D eigenvalue weighted by molar-refractivity contribution is 5.65. The Labute approximate surface area is 82.9 Å². The van der Waals surface area contributed by atoms with Crippen LogP contribution in [-0.4, -0.2) is 20.0 Å². The minimum atomic E-state index is -2.78. The lowest BCUT2D eigenvalue weighted by molar-refractivity contribution is 0.0585. The topological polar surface area (TPSA) is 70.3 Å². The molecule has 0 saturated heterocycles. The molecule has 0 amide bonds. The predicted molar refractivity (Wildman–Crippen MR) is 45.8 cm³/mol. The van der Waals surface area contributed by atoms with E-state index >= 15 is 0 Å². The summed E-state index contributed by atoms with van der Waals surface area (Å²) in [6.07, 6.45) is 3.89. The number of nitrogens with zero attached hydrogens (tertiary/aromatic N) is 4. The van der Waals surface area contributed by atoms with Crippen molar-refractivity contribution in [2.24, 2.45) is 0 Å². The van der Waals surface area contributed by atoms with Gasteiger partial charge in [0.25, 0.3) is 0 Å². The second-order valence-corrected chi connectivity index (χ2v) is 2.73. The maximum atomic E-state index is 12.5. The van der Waals surface area contributed by atoms with Crippen molar-refractivity contribution < 1.29 is 8.78 Å². The van der Waals surface area contributed by atoms with Gasteiger partial charge in [-0.3, -0.25) is 5.10 Å². The van der Waals surface area contributed by atoms with Gasteiger partial charge in [0.05, 0.1) is 23.7 Å². The van der Waals surface area contributed by atoms with Crippen molar-refractivity contribution in [2.45, 2.75) is 6.55 Å². The van der Waals surface area contributed by atoms with E-state index in [1.807, 2.05) is 0 Å². The van der Waals surface area contributed by atoms with Crippen molar-refractivity contribution in [2.75, 3.05) is 0 Å². The van der Waals surface area contributed by atoms with E-state index in [4.69, 9.17) is 5.26 Å². The van der Waals surface area contributed by atoms with Crippen LogP contribution < -0.4 is 0 Å². The third-order valence-electron chi connectivity index (χ3n) is 1.87. The Hall–Kier alpha value is -2.23. The summed E-state index contributed by atoms with van der Waals surface area (Å²) in [7, 11) is 0. The zero-order valence-corrected chi connectivity index (χ0v) is 7.35. The predicted octanol–water partition coefficient (Wildman–Crippen LogP) is 1.54. The summed E-state index contributed by atoms with van der Waals surface area (Å²) in [5.74, 6) is 0. The van der Waals surface area contributed by atoms with Crippen LogP contribution in [0, 0.1) is 11.3 Å². The lowest BCUT2D eigenvalue weighted by atomic mass is 10.2. The van der Waals surface area contributed by atoms with Crippen molar-refractivity contribution in [1.29, 1.82) is 5.26 Å². The zero-order valence-electron chi connectivity index (χ0n) is 7.35. The van der Waals surface area contributed by atoms with Crippen molar-refractivity contribution in [3.8, 4) is 17.3 Å². The zero-order chi connectivity index (χ0) is 10.8. The van der Waals surface area contributed by atoms with Gasteiger partial charge in [-0.25, -0.2) is 4.68 Å². The molecule has 0 aliphatic rings. The molecule has 0 saturated carbocycles. The Morgan fingerprint density at radius 1 is 1.47 bits per heavy atom. The van der Waals surface area contributed by atoms with Crippen molar-refractivity contribution in [3.63, 3.8) is 0 Å². The molecule has 0 radical (unpaired) electrons. The number of alkyl halides is 2. The molecule has 15 heavy (non-hydrogen) atoms. The van der Waals surface area contributed by atoms with Gasteiger partial charge in [0.15, 0.2) is 0 Å². The quantitative estimate of drug-likeness (QED) is 0.815. The molecule has 76 valence electrons. The second-order valence-electron chi connectivity index (χ2n) is 2.73. The Morgan fingerprint density at radius 2 is 2.27 bits per heavy atom. The maximum absolute atomic E-state index is 12.5. The van der Waals surface area contributed by atoms with E-state index < -0.39 is 6.55 Å². The monoisotopic (exact) mass is 209 g/mol. The first kappa shape index (κ1) is 9.33. The van der Waals surface area contributed by atoms with E-state index in [1.165, 1.54) is 12.4 Å². The Kier molecular flexibility index (Phi) is 2.17. The molecular weight excluding hydrogens is 204 g/mol. The van der Waals surface area contributed by atoms with Crippen LogP contribution >= 0.6 is 0 Å². The third-order valence-corrected chi connectivity index (χ3v) is 1.87. The summed E-state index contributed by atoms with van der Waals surface area (Å²) in [4.78, 5) is 0. The highest BCUT2D eigenvalue weighted by atomic mass is 19.3. The molecule has 0 bridgehead atoms. The molecule has 2 aromatic rings. The van der Waals surface area contributed by atoms with E-state index in [-0.39, 0.29) is 11.3 Å². The minimum absolute atomic E-state index is 0.0706. The van der Waals surface area contributed by atoms with Gasteiger partial charge in [-0.05, 0) is 0 Å². The van der Waals surface area contributed by atoms with Crippen LogP contribution in [0.15, 0.2) is 18.6 Å². The van der Waals surface area contributed by atoms with Gasteiger partial charge in [-0.15, -0.1) is 0 Å². The van der Waals surface area contributed by atoms with E-state index in [9.17, 15) is 8.78 Å². The maximum Gasteiger partial charge on any atom is 0.333 e. The Morgan fingerprint density at radius 3 is 2.80 bits per heavy atom. The van der Waals surface area contributed by atoms with Crippen molar-refractivity contribution >= 4 is 0 Å². The molecule has 2 rings (SSSR count). The van der Waals surface area contributed by atoms with Crippen LogP contribution in [0.5, 0.6) is 0 Å². The van der Waals surface area contributed by atoms with Crippen molar-refractivity contribution in [1.82, 2.24) is 20.0 Å². The molecule has 0 aliphatic carbocycles. The smallest absolute Gasteiger partial charge is 0.285 e. The highest BCUT2D eigenvalue weighted by Gasteiger charge is 2.18. The molecular formula is C8H5F2N5. The summed E-state index contributed by atoms with van der Waals surface area (Å²) in [6, 6.07) is 1.80. The van der Waals surface area contributed by atoms with Gasteiger partial charge < -0.3 is 0 Å². The molecule has 0 unspecified atom stereocenters. The number of hydrogen-bond donors (Lipinski definition) is 1. The fourth-order valence-electron chi connectivity index (χ4n) is 1.26. The van der Waals surface area contributed by atoms with E-state index in [2.05, 4.69) is 15.3 Å². The van der Waals surface area contributed by atoms with Crippen LogP contribution in [0.1, 0.15) is 12.1 Å². The number of aromatic nitrogens is 4. The van der Waals surface area contributed by atoms with E-state index in [1.54, 1.807) is 6.07 Å². The number of H-pyrrole nitrogens is 1. The van der Waals surface area contributed by atoms with Crippen LogP contribution in [0.3, 0.4) is 0 Å². The third kappa shape index (κ3) is 1.46. The van der Waals surface area contributed by atoms with Gasteiger partial charge in [-0.2, -0.15) is 24.2 Å². The molecule has 2 aromatic heterocycles. The largest absolute Gasteiger partial charge is 0.333 e. The molecule has 0 fully saturated rings. The van der Waals surface area contributed by atoms with Gasteiger partial charge >= 0.3 is 6.55 Å². The fourth-order valence-corrected chi connectivity index (χ4v) is 1.26. The summed E-state index contributed by atoms with van der Waals surface area (Å²) >= 11 is 0. The molecule has 0 aliphatic heterocycles. The van der Waals surface area contributed by atoms with Gasteiger partial charge in [0.1, 0.15) is 6.07 Å². The Balaban J connectivity index is 2.62. The second kappa shape index (κ2) is 3.49. The highest BCUT2D eigenvalue weighted by Crippen LogP contribution is 2.25. The molecule has 0 aromatic carbocycles. The molecule has 0 atom stereocenters. The fraction of sp³-hybridized carbons (Fsp3) is 0.125.